The molecule has 0 radical (unpaired) electrons. The fourth-order valence-electron chi connectivity index (χ4n) is 2.82. The summed E-state index contributed by atoms with van der Waals surface area (Å²) >= 11 is 0. The van der Waals surface area contributed by atoms with E-state index in [1.165, 1.54) is 19.2 Å². The number of hydrogen-bond donors (Lipinski definition) is 2. The topological polar surface area (TPSA) is 129 Å². The number of nitrogens with one attached hydrogen (secondary N) is 1. The summed E-state index contributed by atoms with van der Waals surface area (Å²) in [6.07, 6.45) is 0. The van der Waals surface area contributed by atoms with Crippen molar-refractivity contribution in [3.8, 4) is 17.5 Å². The zero-order valence-electron chi connectivity index (χ0n) is 15.2. The standard InChI is InChI=1S/C19H15FN6O3/c1-28-19-18(22-9-10-4-2-5-11(20)8-10)23-17(24-25-19)15-12-6-3-7-13(16(21)27)14(12)26-29-15/h2-8H,9H2,1H3,(H2,21,27)(H,22,23,24). The maximum absolute atomic E-state index is 13.4. The number of benzene rings is 2. The Morgan fingerprint density at radius 2 is 2.07 bits per heavy atom. The summed E-state index contributed by atoms with van der Waals surface area (Å²) in [6, 6.07) is 11.1. The van der Waals surface area contributed by atoms with Gasteiger partial charge < -0.3 is 20.3 Å². The van der Waals surface area contributed by atoms with Crippen LogP contribution >= 0.6 is 0 Å². The summed E-state index contributed by atoms with van der Waals surface area (Å²) in [5, 5.41) is 15.5. The number of nitrogens with two attached hydrogens (primary N) is 1. The monoisotopic (exact) mass is 394 g/mol. The highest BCUT2D eigenvalue weighted by atomic mass is 19.1. The van der Waals surface area contributed by atoms with Gasteiger partial charge in [0.2, 0.25) is 11.6 Å². The first-order valence-electron chi connectivity index (χ1n) is 8.52. The molecule has 0 fully saturated rings. The number of fused-ring (bicyclic) bond motifs is 1. The van der Waals surface area contributed by atoms with E-state index in [4.69, 9.17) is 15.0 Å². The van der Waals surface area contributed by atoms with Crippen molar-refractivity contribution in [2.45, 2.75) is 6.54 Å². The van der Waals surface area contributed by atoms with Gasteiger partial charge >= 0.3 is 0 Å². The molecule has 4 rings (SSSR count). The lowest BCUT2D eigenvalue weighted by molar-refractivity contribution is 0.100. The second kappa shape index (κ2) is 7.50. The first-order chi connectivity index (χ1) is 14.1. The van der Waals surface area contributed by atoms with Crippen molar-refractivity contribution in [3.63, 3.8) is 0 Å². The number of primary amides is 1. The first-order valence-corrected chi connectivity index (χ1v) is 8.52. The number of rotatable bonds is 6. The van der Waals surface area contributed by atoms with Crippen LogP contribution in [0.5, 0.6) is 5.88 Å². The summed E-state index contributed by atoms with van der Waals surface area (Å²) in [5.41, 5.74) is 6.62. The van der Waals surface area contributed by atoms with Gasteiger partial charge in [0.1, 0.15) is 11.3 Å². The van der Waals surface area contributed by atoms with Gasteiger partial charge in [-0.25, -0.2) is 9.37 Å². The Hall–Kier alpha value is -4.08. The number of amides is 1. The average molecular weight is 394 g/mol. The van der Waals surface area contributed by atoms with E-state index in [-0.39, 0.29) is 41.2 Å². The molecule has 0 bridgehead atoms. The Morgan fingerprint density at radius 1 is 1.24 bits per heavy atom. The van der Waals surface area contributed by atoms with Crippen LogP contribution < -0.4 is 15.8 Å². The van der Waals surface area contributed by atoms with E-state index < -0.39 is 5.91 Å². The van der Waals surface area contributed by atoms with Gasteiger partial charge in [0.15, 0.2) is 5.82 Å². The van der Waals surface area contributed by atoms with Crippen molar-refractivity contribution < 1.29 is 18.4 Å². The van der Waals surface area contributed by atoms with Crippen molar-refractivity contribution in [1.82, 2.24) is 20.3 Å². The Balaban J connectivity index is 1.70. The number of hydrogen-bond acceptors (Lipinski definition) is 8. The molecule has 0 spiro atoms. The molecule has 0 aliphatic rings. The smallest absolute Gasteiger partial charge is 0.276 e. The minimum Gasteiger partial charge on any atom is -0.477 e. The van der Waals surface area contributed by atoms with Gasteiger partial charge in [-0.2, -0.15) is 0 Å². The number of ether oxygens (including phenoxy) is 1. The molecular formula is C19H15FN6O3. The molecule has 0 saturated carbocycles. The number of anilines is 1. The number of carbonyl (C=O) groups excluding carboxylic acids is 1. The largest absolute Gasteiger partial charge is 0.477 e. The summed E-state index contributed by atoms with van der Waals surface area (Å²) < 4.78 is 23.9. The van der Waals surface area contributed by atoms with Crippen LogP contribution in [0, 0.1) is 5.82 Å². The fourth-order valence-corrected chi connectivity index (χ4v) is 2.82. The zero-order valence-corrected chi connectivity index (χ0v) is 15.2. The van der Waals surface area contributed by atoms with Crippen LogP contribution in [0.1, 0.15) is 15.9 Å². The number of halogens is 1. The SMILES string of the molecule is COc1nnc(-c2onc3c(C(N)=O)cccc23)nc1NCc1cccc(F)c1. The molecule has 0 aliphatic heterocycles. The van der Waals surface area contributed by atoms with E-state index in [1.54, 1.807) is 30.3 Å². The second-order valence-corrected chi connectivity index (χ2v) is 6.05. The molecule has 2 aromatic heterocycles. The quantitative estimate of drug-likeness (QED) is 0.510. The molecule has 0 unspecified atom stereocenters. The summed E-state index contributed by atoms with van der Waals surface area (Å²) in [6.45, 7) is 0.287. The van der Waals surface area contributed by atoms with Gasteiger partial charge in [-0.05, 0) is 29.8 Å². The second-order valence-electron chi connectivity index (χ2n) is 6.05. The van der Waals surface area contributed by atoms with E-state index in [2.05, 4.69) is 25.7 Å². The van der Waals surface area contributed by atoms with Crippen LogP contribution in [0.2, 0.25) is 0 Å². The Bertz CT molecular complexity index is 1210. The molecule has 0 aliphatic carbocycles. The minimum atomic E-state index is -0.623. The van der Waals surface area contributed by atoms with Gasteiger partial charge in [0.05, 0.1) is 18.1 Å². The van der Waals surface area contributed by atoms with Crippen molar-refractivity contribution in [3.05, 3.63) is 59.4 Å². The molecule has 2 heterocycles. The van der Waals surface area contributed by atoms with E-state index in [9.17, 15) is 9.18 Å². The Labute approximate surface area is 163 Å². The Morgan fingerprint density at radius 3 is 2.83 bits per heavy atom. The lowest BCUT2D eigenvalue weighted by atomic mass is 10.1. The highest BCUT2D eigenvalue weighted by Crippen LogP contribution is 2.30. The number of aromatic nitrogens is 4. The molecule has 10 heteroatoms. The van der Waals surface area contributed by atoms with Gasteiger partial charge in [-0.1, -0.05) is 23.4 Å². The third-order valence-electron chi connectivity index (χ3n) is 4.18. The highest BCUT2D eigenvalue weighted by molar-refractivity contribution is 6.07. The third-order valence-corrected chi connectivity index (χ3v) is 4.18. The minimum absolute atomic E-state index is 0.136. The van der Waals surface area contributed by atoms with Gasteiger partial charge in [-0.15, -0.1) is 10.2 Å². The van der Waals surface area contributed by atoms with Crippen LogP contribution in [-0.4, -0.2) is 33.4 Å². The fraction of sp³-hybridized carbons (Fsp3) is 0.105. The van der Waals surface area contributed by atoms with Crippen LogP contribution in [0.4, 0.5) is 10.2 Å². The van der Waals surface area contributed by atoms with Crippen molar-refractivity contribution in [1.29, 1.82) is 0 Å². The van der Waals surface area contributed by atoms with Crippen LogP contribution in [-0.2, 0) is 6.54 Å². The molecule has 146 valence electrons. The lowest BCUT2D eigenvalue weighted by Gasteiger charge is -2.09. The number of methoxy groups -OCH3 is 1. The molecule has 2 aromatic carbocycles. The van der Waals surface area contributed by atoms with Crippen LogP contribution in [0.15, 0.2) is 47.0 Å². The molecule has 3 N–H and O–H groups in total. The van der Waals surface area contributed by atoms with Crippen LogP contribution in [0.25, 0.3) is 22.5 Å². The van der Waals surface area contributed by atoms with E-state index >= 15 is 0 Å². The molecule has 4 aromatic rings. The van der Waals surface area contributed by atoms with E-state index in [1.807, 2.05) is 0 Å². The van der Waals surface area contributed by atoms with E-state index in [0.717, 1.165) is 0 Å². The van der Waals surface area contributed by atoms with Gasteiger partial charge in [-0.3, -0.25) is 4.79 Å². The molecular weight excluding hydrogens is 379 g/mol. The molecule has 29 heavy (non-hydrogen) atoms. The molecule has 0 saturated heterocycles. The van der Waals surface area contributed by atoms with Gasteiger partial charge in [0, 0.05) is 6.54 Å². The summed E-state index contributed by atoms with van der Waals surface area (Å²) in [4.78, 5) is 16.0. The zero-order chi connectivity index (χ0) is 20.4. The number of carbonyl (C=O) groups is 1. The predicted octanol–water partition coefficient (Wildman–Crippen LogP) is 2.54. The van der Waals surface area contributed by atoms with E-state index in [0.29, 0.717) is 16.5 Å². The van der Waals surface area contributed by atoms with Gasteiger partial charge in [0.25, 0.3) is 11.8 Å². The number of nitrogens with zero attached hydrogens (tertiary/aromatic N) is 4. The predicted molar refractivity (Wildman–Crippen MR) is 102 cm³/mol. The lowest BCUT2D eigenvalue weighted by Crippen LogP contribution is -2.11. The third kappa shape index (κ3) is 3.55. The molecule has 0 atom stereocenters. The molecule has 9 nitrogen and oxygen atoms in total. The summed E-state index contributed by atoms with van der Waals surface area (Å²) in [5.74, 6) is -0.147. The normalized spacial score (nSPS) is 10.8. The van der Waals surface area contributed by atoms with Crippen molar-refractivity contribution in [2.24, 2.45) is 5.73 Å². The first kappa shape index (κ1) is 18.3. The average Bonchev–Trinajstić information content (AvgIpc) is 3.16. The highest BCUT2D eigenvalue weighted by Gasteiger charge is 2.20. The van der Waals surface area contributed by atoms with Crippen LogP contribution in [0.3, 0.4) is 0 Å². The maximum atomic E-state index is 13.4. The maximum Gasteiger partial charge on any atom is 0.276 e. The van der Waals surface area contributed by atoms with Crippen molar-refractivity contribution in [2.75, 3.05) is 12.4 Å². The Kier molecular flexibility index (Phi) is 4.73. The molecule has 1 amide bonds. The summed E-state index contributed by atoms with van der Waals surface area (Å²) in [7, 11) is 1.43. The van der Waals surface area contributed by atoms with Crippen molar-refractivity contribution >= 4 is 22.6 Å².